The van der Waals surface area contributed by atoms with Gasteiger partial charge in [-0.3, -0.25) is 4.79 Å². The number of hydrogen-bond acceptors (Lipinski definition) is 4. The Morgan fingerprint density at radius 1 is 1.17 bits per heavy atom. The second-order valence-corrected chi connectivity index (χ2v) is 5.61. The fourth-order valence-corrected chi connectivity index (χ4v) is 2.83. The highest BCUT2D eigenvalue weighted by Gasteiger charge is 2.36. The van der Waals surface area contributed by atoms with E-state index in [1.54, 1.807) is 0 Å². The zero-order valence-corrected chi connectivity index (χ0v) is 12.4. The minimum Gasteiger partial charge on any atom is -0.391 e. The number of nitrogens with zero attached hydrogens (tertiary/aromatic N) is 3. The molecular weight excluding hydrogens is 323 g/mol. The lowest BCUT2D eigenvalue weighted by molar-refractivity contribution is -0.137. The molecule has 2 aromatic rings. The van der Waals surface area contributed by atoms with Gasteiger partial charge in [0.05, 0.1) is 35.7 Å². The molecule has 0 aliphatic carbocycles. The van der Waals surface area contributed by atoms with E-state index in [4.69, 9.17) is 0 Å². The molecule has 0 radical (unpaired) electrons. The molecule has 8 heteroatoms. The van der Waals surface area contributed by atoms with Crippen molar-refractivity contribution in [2.24, 2.45) is 0 Å². The summed E-state index contributed by atoms with van der Waals surface area (Å²) < 4.78 is 38.0. The van der Waals surface area contributed by atoms with Gasteiger partial charge in [0, 0.05) is 6.54 Å². The number of hydrogen-bond donors (Lipinski definition) is 1. The van der Waals surface area contributed by atoms with Gasteiger partial charge in [0.2, 0.25) is 0 Å². The van der Waals surface area contributed by atoms with Gasteiger partial charge in [0.25, 0.3) is 5.91 Å². The van der Waals surface area contributed by atoms with Crippen LogP contribution in [0.2, 0.25) is 0 Å². The first-order valence-corrected chi connectivity index (χ1v) is 7.29. The van der Waals surface area contributed by atoms with Gasteiger partial charge in [-0.05, 0) is 30.2 Å². The maximum atomic E-state index is 12.7. The number of halogens is 3. The fourth-order valence-electron chi connectivity index (χ4n) is 2.83. The average Bonchev–Trinajstić information content (AvgIpc) is 2.96. The third-order valence-corrected chi connectivity index (χ3v) is 3.99. The van der Waals surface area contributed by atoms with E-state index in [0.717, 1.165) is 12.1 Å². The lowest BCUT2D eigenvalue weighted by Gasteiger charge is -2.25. The Kier molecular flexibility index (Phi) is 4.23. The Bertz CT molecular complexity index is 720. The number of likely N-dealkylation sites (tertiary alicyclic amines) is 1. The van der Waals surface area contributed by atoms with E-state index in [1.807, 2.05) is 0 Å². The smallest absolute Gasteiger partial charge is 0.391 e. The van der Waals surface area contributed by atoms with Crippen molar-refractivity contribution in [2.45, 2.75) is 24.7 Å². The number of aromatic nitrogens is 2. The van der Waals surface area contributed by atoms with Crippen LogP contribution in [0.1, 0.15) is 33.9 Å². The molecule has 1 amide bonds. The van der Waals surface area contributed by atoms with Crippen LogP contribution >= 0.6 is 0 Å². The minimum absolute atomic E-state index is 0.118. The van der Waals surface area contributed by atoms with E-state index in [2.05, 4.69) is 10.2 Å². The van der Waals surface area contributed by atoms with Gasteiger partial charge >= 0.3 is 6.18 Å². The van der Waals surface area contributed by atoms with Crippen LogP contribution in [0.15, 0.2) is 42.7 Å². The number of rotatable bonds is 2. The van der Waals surface area contributed by atoms with E-state index in [9.17, 15) is 23.1 Å². The number of carbonyl (C=O) groups excluding carboxylic acids is 1. The van der Waals surface area contributed by atoms with Crippen LogP contribution < -0.4 is 0 Å². The summed E-state index contributed by atoms with van der Waals surface area (Å²) in [6.07, 6.45) is -2.17. The molecule has 0 bridgehead atoms. The Morgan fingerprint density at radius 2 is 1.88 bits per heavy atom. The number of aliphatic hydroxyl groups is 1. The minimum atomic E-state index is -4.41. The Morgan fingerprint density at radius 3 is 2.46 bits per heavy atom. The maximum Gasteiger partial charge on any atom is 0.416 e. The Balaban J connectivity index is 1.87. The molecule has 2 unspecified atom stereocenters. The number of alkyl halides is 3. The van der Waals surface area contributed by atoms with Gasteiger partial charge in [-0.25, -0.2) is 0 Å². The number of aliphatic hydroxyl groups excluding tert-OH is 1. The van der Waals surface area contributed by atoms with Gasteiger partial charge < -0.3 is 10.0 Å². The van der Waals surface area contributed by atoms with Crippen LogP contribution in [0.3, 0.4) is 0 Å². The molecule has 1 aromatic heterocycles. The highest BCUT2D eigenvalue weighted by Crippen LogP contribution is 2.35. The predicted molar refractivity (Wildman–Crippen MR) is 77.9 cm³/mol. The van der Waals surface area contributed by atoms with Gasteiger partial charge in [-0.1, -0.05) is 12.1 Å². The predicted octanol–water partition coefficient (Wildman–Crippen LogP) is 2.44. The monoisotopic (exact) mass is 337 g/mol. The van der Waals surface area contributed by atoms with Crippen molar-refractivity contribution in [1.29, 1.82) is 0 Å². The molecule has 1 saturated heterocycles. The summed E-state index contributed by atoms with van der Waals surface area (Å²) in [5.74, 6) is -0.341. The van der Waals surface area contributed by atoms with Crippen molar-refractivity contribution in [1.82, 2.24) is 15.1 Å². The van der Waals surface area contributed by atoms with E-state index in [1.165, 1.54) is 35.5 Å². The van der Waals surface area contributed by atoms with Crippen molar-refractivity contribution < 1.29 is 23.1 Å². The molecule has 1 aliphatic heterocycles. The summed E-state index contributed by atoms with van der Waals surface area (Å²) in [6.45, 7) is 0.118. The van der Waals surface area contributed by atoms with E-state index >= 15 is 0 Å². The molecule has 0 saturated carbocycles. The highest BCUT2D eigenvalue weighted by molar-refractivity contribution is 5.94. The molecule has 126 valence electrons. The van der Waals surface area contributed by atoms with Crippen LogP contribution in [0.4, 0.5) is 13.2 Å². The second kappa shape index (κ2) is 6.20. The molecule has 1 fully saturated rings. The van der Waals surface area contributed by atoms with Crippen LogP contribution in [0.25, 0.3) is 0 Å². The zero-order valence-electron chi connectivity index (χ0n) is 12.4. The average molecular weight is 337 g/mol. The summed E-state index contributed by atoms with van der Waals surface area (Å²) in [6, 6.07) is 5.67. The molecule has 1 aliphatic rings. The molecule has 3 rings (SSSR count). The third-order valence-electron chi connectivity index (χ3n) is 3.99. The van der Waals surface area contributed by atoms with Gasteiger partial charge in [-0.2, -0.15) is 23.4 Å². The van der Waals surface area contributed by atoms with Crippen molar-refractivity contribution in [2.75, 3.05) is 6.54 Å². The summed E-state index contributed by atoms with van der Waals surface area (Å²) in [5.41, 5.74) is 0.118. The lowest BCUT2D eigenvalue weighted by atomic mass is 10.0. The first kappa shape index (κ1) is 16.4. The quantitative estimate of drug-likeness (QED) is 0.914. The fraction of sp³-hybridized carbons (Fsp3) is 0.312. The first-order valence-electron chi connectivity index (χ1n) is 7.29. The van der Waals surface area contributed by atoms with Crippen molar-refractivity contribution in [3.63, 3.8) is 0 Å². The molecule has 1 aromatic carbocycles. The van der Waals surface area contributed by atoms with Crippen LogP contribution in [-0.2, 0) is 6.18 Å². The topological polar surface area (TPSA) is 66.3 Å². The van der Waals surface area contributed by atoms with E-state index in [-0.39, 0.29) is 18.9 Å². The highest BCUT2D eigenvalue weighted by atomic mass is 19.4. The molecule has 2 atom stereocenters. The molecule has 1 N–H and O–H groups in total. The number of amides is 1. The van der Waals surface area contributed by atoms with Crippen LogP contribution in [0.5, 0.6) is 0 Å². The van der Waals surface area contributed by atoms with Gasteiger partial charge in [0.15, 0.2) is 0 Å². The maximum absolute atomic E-state index is 12.7. The van der Waals surface area contributed by atoms with Gasteiger partial charge in [0.1, 0.15) is 0 Å². The molecule has 0 spiro atoms. The van der Waals surface area contributed by atoms with Crippen LogP contribution in [-0.4, -0.2) is 38.8 Å². The third kappa shape index (κ3) is 3.23. The normalized spacial score (nSPS) is 21.1. The Hall–Kier alpha value is -2.48. The largest absolute Gasteiger partial charge is 0.416 e. The number of β-amino-alcohol motifs (C(OH)–C–C–N with tert-alkyl or cyclic N) is 1. The molecule has 5 nitrogen and oxygen atoms in total. The Labute approximate surface area is 135 Å². The summed E-state index contributed by atoms with van der Waals surface area (Å²) in [4.78, 5) is 14.0. The van der Waals surface area contributed by atoms with E-state index in [0.29, 0.717) is 11.1 Å². The zero-order chi connectivity index (χ0) is 17.3. The first-order chi connectivity index (χ1) is 11.4. The molecule has 24 heavy (non-hydrogen) atoms. The standard InChI is InChI=1S/C16H14F3N3O2/c17-16(18,19)12-3-1-10(2-4-12)14-7-13(23)9-22(14)15(24)11-5-6-20-21-8-11/h1-6,8,13-14,23H,7,9H2. The van der Waals surface area contributed by atoms with Crippen molar-refractivity contribution in [3.05, 3.63) is 59.4 Å². The number of carbonyl (C=O) groups is 1. The van der Waals surface area contributed by atoms with Crippen LogP contribution in [0, 0.1) is 0 Å². The second-order valence-electron chi connectivity index (χ2n) is 5.61. The van der Waals surface area contributed by atoms with E-state index < -0.39 is 23.9 Å². The molecule has 2 heterocycles. The summed E-state index contributed by atoms with van der Waals surface area (Å²) >= 11 is 0. The lowest BCUT2D eigenvalue weighted by Crippen LogP contribution is -2.31. The van der Waals surface area contributed by atoms with Gasteiger partial charge in [-0.15, -0.1) is 0 Å². The molecular formula is C16H14F3N3O2. The van der Waals surface area contributed by atoms with Crippen molar-refractivity contribution in [3.8, 4) is 0 Å². The summed E-state index contributed by atoms with van der Waals surface area (Å²) in [5, 5.41) is 17.2. The summed E-state index contributed by atoms with van der Waals surface area (Å²) in [7, 11) is 0. The SMILES string of the molecule is O=C(c1ccnnc1)N1CC(O)CC1c1ccc(C(F)(F)F)cc1. The van der Waals surface area contributed by atoms with Crippen molar-refractivity contribution >= 4 is 5.91 Å². The number of benzene rings is 1.